The number of imidazole rings is 1. The van der Waals surface area contributed by atoms with Gasteiger partial charge in [0.25, 0.3) is 11.7 Å². The molecule has 0 unspecified atom stereocenters. The Labute approximate surface area is 209 Å². The number of Topliss-reactive ketones (excluding diaryl/α,β-unsaturated/α-hetero) is 1. The lowest BCUT2D eigenvalue weighted by atomic mass is 9.94. The molecule has 0 saturated carbocycles. The Bertz CT molecular complexity index is 1310. The molecular formula is C28H29N3O5. The van der Waals surface area contributed by atoms with Crippen LogP contribution in [0.4, 0.5) is 0 Å². The normalized spacial score (nSPS) is 20.4. The van der Waals surface area contributed by atoms with Crippen molar-refractivity contribution in [3.63, 3.8) is 0 Å². The number of amides is 1. The fourth-order valence-corrected chi connectivity index (χ4v) is 4.97. The second-order valence-corrected chi connectivity index (χ2v) is 9.11. The Kier molecular flexibility index (Phi) is 6.50. The van der Waals surface area contributed by atoms with Gasteiger partial charge in [0.2, 0.25) is 0 Å². The molecule has 0 spiro atoms. The molecule has 1 saturated heterocycles. The highest BCUT2D eigenvalue weighted by Crippen LogP contribution is 2.41. The van der Waals surface area contributed by atoms with Gasteiger partial charge in [-0.15, -0.1) is 0 Å². The minimum Gasteiger partial charge on any atom is -0.507 e. The number of aliphatic hydroxyl groups excluding tert-OH is 1. The fourth-order valence-electron chi connectivity index (χ4n) is 4.97. The van der Waals surface area contributed by atoms with Crippen LogP contribution in [0.3, 0.4) is 0 Å². The molecule has 0 bridgehead atoms. The van der Waals surface area contributed by atoms with Crippen LogP contribution in [0.1, 0.15) is 43.0 Å². The number of ether oxygens (including phenoxy) is 2. The van der Waals surface area contributed by atoms with Crippen molar-refractivity contribution in [3.05, 3.63) is 83.4 Å². The van der Waals surface area contributed by atoms with Gasteiger partial charge >= 0.3 is 0 Å². The third-order valence-electron chi connectivity index (χ3n) is 6.57. The molecule has 1 N–H and O–H groups in total. The maximum absolute atomic E-state index is 13.3. The largest absolute Gasteiger partial charge is 0.507 e. The number of aromatic nitrogens is 2. The predicted octanol–water partition coefficient (Wildman–Crippen LogP) is 4.12. The molecule has 2 atom stereocenters. The predicted molar refractivity (Wildman–Crippen MR) is 134 cm³/mol. The molecule has 2 aliphatic heterocycles. The van der Waals surface area contributed by atoms with Crippen LogP contribution in [-0.2, 0) is 22.6 Å². The van der Waals surface area contributed by atoms with Crippen molar-refractivity contribution in [1.29, 1.82) is 0 Å². The SMILES string of the molecule is CCOc1cccc([C@@H]2C(=C(O)c3ccc4c(c3)C[C@@H](C)O4)C(=O)C(=O)N2CCCn2ccnc2)c1. The third-order valence-corrected chi connectivity index (χ3v) is 6.57. The van der Waals surface area contributed by atoms with Crippen LogP contribution in [0.25, 0.3) is 5.76 Å². The van der Waals surface area contributed by atoms with Crippen LogP contribution in [0, 0.1) is 0 Å². The second-order valence-electron chi connectivity index (χ2n) is 9.11. The van der Waals surface area contributed by atoms with Gasteiger partial charge in [-0.2, -0.15) is 0 Å². The smallest absolute Gasteiger partial charge is 0.295 e. The van der Waals surface area contributed by atoms with Gasteiger partial charge in [-0.25, -0.2) is 4.98 Å². The van der Waals surface area contributed by atoms with E-state index in [0.29, 0.717) is 43.0 Å². The van der Waals surface area contributed by atoms with Crippen molar-refractivity contribution < 1.29 is 24.2 Å². The molecule has 1 amide bonds. The van der Waals surface area contributed by atoms with Crippen LogP contribution in [0.5, 0.6) is 11.5 Å². The van der Waals surface area contributed by atoms with Gasteiger partial charge in [0.05, 0.1) is 24.5 Å². The Morgan fingerprint density at radius 3 is 2.83 bits per heavy atom. The quantitative estimate of drug-likeness (QED) is 0.292. The molecule has 3 heterocycles. The summed E-state index contributed by atoms with van der Waals surface area (Å²) in [5.74, 6) is -0.0681. The Hall–Kier alpha value is -4.07. The summed E-state index contributed by atoms with van der Waals surface area (Å²) in [6.45, 7) is 5.37. The van der Waals surface area contributed by atoms with Crippen molar-refractivity contribution >= 4 is 17.4 Å². The van der Waals surface area contributed by atoms with E-state index in [1.807, 2.05) is 54.9 Å². The molecule has 5 rings (SSSR count). The van der Waals surface area contributed by atoms with Gasteiger partial charge in [-0.05, 0) is 61.7 Å². The van der Waals surface area contributed by atoms with Gasteiger partial charge in [-0.3, -0.25) is 9.59 Å². The first kappa shape index (κ1) is 23.7. The van der Waals surface area contributed by atoms with E-state index in [1.54, 1.807) is 29.6 Å². The summed E-state index contributed by atoms with van der Waals surface area (Å²) in [6, 6.07) is 12.0. The van der Waals surface area contributed by atoms with Crippen molar-refractivity contribution in [2.75, 3.05) is 13.2 Å². The summed E-state index contributed by atoms with van der Waals surface area (Å²) in [5.41, 5.74) is 2.26. The maximum atomic E-state index is 13.3. The number of carbonyl (C=O) groups excluding carboxylic acids is 2. The van der Waals surface area contributed by atoms with Gasteiger partial charge in [0, 0.05) is 37.5 Å². The molecule has 0 radical (unpaired) electrons. The first-order valence-electron chi connectivity index (χ1n) is 12.2. The minimum atomic E-state index is -0.725. The van der Waals surface area contributed by atoms with E-state index in [4.69, 9.17) is 9.47 Å². The molecule has 1 aromatic heterocycles. The summed E-state index contributed by atoms with van der Waals surface area (Å²) in [5, 5.41) is 11.4. The molecule has 2 aliphatic rings. The molecule has 0 aliphatic carbocycles. The van der Waals surface area contributed by atoms with E-state index in [2.05, 4.69) is 4.98 Å². The van der Waals surface area contributed by atoms with Crippen LogP contribution in [0.2, 0.25) is 0 Å². The Balaban J connectivity index is 1.54. The molecule has 8 heteroatoms. The number of likely N-dealkylation sites (tertiary alicyclic amines) is 1. The Morgan fingerprint density at radius 2 is 2.06 bits per heavy atom. The summed E-state index contributed by atoms with van der Waals surface area (Å²) >= 11 is 0. The zero-order valence-corrected chi connectivity index (χ0v) is 20.4. The van der Waals surface area contributed by atoms with Crippen molar-refractivity contribution in [2.24, 2.45) is 0 Å². The third kappa shape index (κ3) is 4.46. The standard InChI is InChI=1S/C28H29N3O5/c1-3-35-22-7-4-6-19(16-22)25-24(26(32)20-8-9-23-21(15-20)14-18(2)36-23)27(33)28(34)31(25)12-5-11-30-13-10-29-17-30/h4,6-10,13,15-18,25,32H,3,5,11-12,14H2,1-2H3/t18-,25-/m1/s1. The van der Waals surface area contributed by atoms with E-state index in [1.165, 1.54) is 0 Å². The molecule has 2 aromatic carbocycles. The van der Waals surface area contributed by atoms with E-state index in [0.717, 1.165) is 17.7 Å². The fraction of sp³-hybridized carbons (Fsp3) is 0.321. The number of benzene rings is 2. The Morgan fingerprint density at radius 1 is 1.19 bits per heavy atom. The maximum Gasteiger partial charge on any atom is 0.295 e. The van der Waals surface area contributed by atoms with E-state index >= 15 is 0 Å². The average Bonchev–Trinajstić information content (AvgIpc) is 3.58. The lowest BCUT2D eigenvalue weighted by Crippen LogP contribution is -2.31. The monoisotopic (exact) mass is 487 g/mol. The van der Waals surface area contributed by atoms with Crippen LogP contribution >= 0.6 is 0 Å². The molecule has 36 heavy (non-hydrogen) atoms. The molecule has 1 fully saturated rings. The highest BCUT2D eigenvalue weighted by atomic mass is 16.5. The lowest BCUT2D eigenvalue weighted by Gasteiger charge is -2.26. The highest BCUT2D eigenvalue weighted by molar-refractivity contribution is 6.46. The van der Waals surface area contributed by atoms with Crippen LogP contribution < -0.4 is 9.47 Å². The first-order chi connectivity index (χ1) is 17.5. The van der Waals surface area contributed by atoms with Gasteiger partial charge in [0.15, 0.2) is 0 Å². The van der Waals surface area contributed by atoms with Gasteiger partial charge in [0.1, 0.15) is 23.4 Å². The number of ketones is 1. The highest BCUT2D eigenvalue weighted by Gasteiger charge is 2.46. The van der Waals surface area contributed by atoms with Crippen molar-refractivity contribution in [1.82, 2.24) is 14.5 Å². The molecular weight excluding hydrogens is 458 g/mol. The molecule has 186 valence electrons. The second kappa shape index (κ2) is 9.89. The number of rotatable bonds is 8. The van der Waals surface area contributed by atoms with Gasteiger partial charge in [-0.1, -0.05) is 12.1 Å². The zero-order valence-electron chi connectivity index (χ0n) is 20.4. The first-order valence-corrected chi connectivity index (χ1v) is 12.2. The van der Waals surface area contributed by atoms with E-state index in [9.17, 15) is 14.7 Å². The number of aliphatic hydroxyl groups is 1. The van der Waals surface area contributed by atoms with Gasteiger partial charge < -0.3 is 24.0 Å². The number of aryl methyl sites for hydroxylation is 1. The summed E-state index contributed by atoms with van der Waals surface area (Å²) < 4.78 is 13.4. The lowest BCUT2D eigenvalue weighted by molar-refractivity contribution is -0.139. The molecule has 3 aromatic rings. The topological polar surface area (TPSA) is 93.9 Å². The van der Waals surface area contributed by atoms with Crippen LogP contribution in [-0.4, -0.2) is 50.5 Å². The van der Waals surface area contributed by atoms with E-state index in [-0.39, 0.29) is 17.4 Å². The van der Waals surface area contributed by atoms with Crippen molar-refractivity contribution in [3.8, 4) is 11.5 Å². The number of hydrogen-bond acceptors (Lipinski definition) is 6. The number of fused-ring (bicyclic) bond motifs is 1. The average molecular weight is 488 g/mol. The summed E-state index contributed by atoms with van der Waals surface area (Å²) in [7, 11) is 0. The van der Waals surface area contributed by atoms with Crippen LogP contribution in [0.15, 0.2) is 66.8 Å². The summed E-state index contributed by atoms with van der Waals surface area (Å²) in [4.78, 5) is 32.2. The zero-order chi connectivity index (χ0) is 25.2. The van der Waals surface area contributed by atoms with E-state index < -0.39 is 17.7 Å². The molecule has 8 nitrogen and oxygen atoms in total. The number of carbonyl (C=O) groups is 2. The number of nitrogens with zero attached hydrogens (tertiary/aromatic N) is 3. The summed E-state index contributed by atoms with van der Waals surface area (Å²) in [6.07, 6.45) is 6.68. The van der Waals surface area contributed by atoms with Crippen molar-refractivity contribution in [2.45, 2.75) is 45.4 Å². The number of hydrogen-bond donors (Lipinski definition) is 1. The minimum absolute atomic E-state index is 0.0554.